The van der Waals surface area contributed by atoms with Gasteiger partial charge in [-0.05, 0) is 25.5 Å². The maximum Gasteiger partial charge on any atom is 0.406 e. The zero-order chi connectivity index (χ0) is 17.6. The lowest BCUT2D eigenvalue weighted by atomic mass is 10.0. The van der Waals surface area contributed by atoms with Gasteiger partial charge in [0, 0.05) is 17.7 Å². The molecule has 7 heteroatoms. The van der Waals surface area contributed by atoms with E-state index >= 15 is 0 Å². The molecule has 1 amide bonds. The van der Waals surface area contributed by atoms with Crippen LogP contribution in [0, 0.1) is 0 Å². The molecule has 0 fully saturated rings. The lowest BCUT2D eigenvalue weighted by Crippen LogP contribution is -2.38. The third-order valence-corrected chi connectivity index (χ3v) is 3.21. The van der Waals surface area contributed by atoms with E-state index in [4.69, 9.17) is 9.47 Å². The molecule has 4 nitrogen and oxygen atoms in total. The van der Waals surface area contributed by atoms with Gasteiger partial charge in [-0.2, -0.15) is 13.2 Å². The average molecular weight is 331 g/mol. The van der Waals surface area contributed by atoms with Crippen LogP contribution in [0.5, 0.6) is 11.5 Å². The summed E-state index contributed by atoms with van der Waals surface area (Å²) < 4.78 is 48.2. The zero-order valence-electron chi connectivity index (χ0n) is 13.4. The largest absolute Gasteiger partial charge is 0.493 e. The fraction of sp³-hybridized carbons (Fsp3) is 0.438. The van der Waals surface area contributed by atoms with Crippen molar-refractivity contribution in [3.63, 3.8) is 0 Å². The summed E-state index contributed by atoms with van der Waals surface area (Å²) in [4.78, 5) is 13.1. The topological polar surface area (TPSA) is 38.8 Å². The Kier molecular flexibility index (Phi) is 6.48. The highest BCUT2D eigenvalue weighted by atomic mass is 19.4. The first-order valence-electron chi connectivity index (χ1n) is 6.99. The molecule has 0 N–H and O–H groups in total. The molecule has 0 unspecified atom stereocenters. The van der Waals surface area contributed by atoms with Crippen LogP contribution in [0.1, 0.15) is 22.8 Å². The monoisotopic (exact) mass is 331 g/mol. The highest BCUT2D eigenvalue weighted by Gasteiger charge is 2.33. The van der Waals surface area contributed by atoms with Gasteiger partial charge in [-0.1, -0.05) is 6.08 Å². The lowest BCUT2D eigenvalue weighted by Gasteiger charge is -2.23. The second-order valence-corrected chi connectivity index (χ2v) is 4.80. The van der Waals surface area contributed by atoms with Gasteiger partial charge in [0.15, 0.2) is 11.5 Å². The molecule has 1 aromatic carbocycles. The van der Waals surface area contributed by atoms with Crippen LogP contribution >= 0.6 is 0 Å². The summed E-state index contributed by atoms with van der Waals surface area (Å²) in [5.41, 5.74) is 0.735. The molecular formula is C16H20F3NO3. The highest BCUT2D eigenvalue weighted by molar-refractivity contribution is 5.95. The van der Waals surface area contributed by atoms with Crippen LogP contribution in [0.4, 0.5) is 13.2 Å². The van der Waals surface area contributed by atoms with E-state index in [-0.39, 0.29) is 12.1 Å². The summed E-state index contributed by atoms with van der Waals surface area (Å²) in [6.45, 7) is 3.77. The van der Waals surface area contributed by atoms with Crippen molar-refractivity contribution in [2.45, 2.75) is 19.5 Å². The van der Waals surface area contributed by atoms with Crippen LogP contribution in [-0.2, 0) is 6.42 Å². The molecular weight excluding hydrogens is 311 g/mol. The minimum absolute atomic E-state index is 0.0521. The van der Waals surface area contributed by atoms with E-state index in [1.165, 1.54) is 33.3 Å². The molecule has 0 aliphatic carbocycles. The van der Waals surface area contributed by atoms with Crippen molar-refractivity contribution in [1.29, 1.82) is 0 Å². The summed E-state index contributed by atoms with van der Waals surface area (Å²) in [6, 6.07) is 2.89. The summed E-state index contributed by atoms with van der Waals surface area (Å²) in [5, 5.41) is 0. The summed E-state index contributed by atoms with van der Waals surface area (Å²) in [5.74, 6) is 0.0113. The van der Waals surface area contributed by atoms with Gasteiger partial charge >= 0.3 is 6.18 Å². The third kappa shape index (κ3) is 4.91. The Balaban J connectivity index is 3.27. The van der Waals surface area contributed by atoms with Gasteiger partial charge < -0.3 is 14.4 Å². The van der Waals surface area contributed by atoms with Crippen LogP contribution in [0.3, 0.4) is 0 Å². The van der Waals surface area contributed by atoms with Crippen molar-refractivity contribution < 1.29 is 27.4 Å². The van der Waals surface area contributed by atoms with Gasteiger partial charge in [-0.3, -0.25) is 4.79 Å². The van der Waals surface area contributed by atoms with Crippen LogP contribution in [0.2, 0.25) is 0 Å². The van der Waals surface area contributed by atoms with Gasteiger partial charge in [0.2, 0.25) is 0 Å². The van der Waals surface area contributed by atoms with Gasteiger partial charge in [0.25, 0.3) is 5.91 Å². The number of hydrogen-bond donors (Lipinski definition) is 0. The fourth-order valence-corrected chi connectivity index (χ4v) is 2.20. The third-order valence-electron chi connectivity index (χ3n) is 3.21. The number of amides is 1. The first-order chi connectivity index (χ1) is 10.8. The van der Waals surface area contributed by atoms with E-state index in [0.29, 0.717) is 23.5 Å². The van der Waals surface area contributed by atoms with Crippen molar-refractivity contribution in [3.8, 4) is 11.5 Å². The summed E-state index contributed by atoms with van der Waals surface area (Å²) in [7, 11) is 2.85. The van der Waals surface area contributed by atoms with E-state index in [1.54, 1.807) is 6.08 Å². The van der Waals surface area contributed by atoms with E-state index in [1.807, 2.05) is 0 Å². The normalized spacial score (nSPS) is 11.0. The number of nitrogens with zero attached hydrogens (tertiary/aromatic N) is 1. The maximum absolute atomic E-state index is 12.6. The Bertz CT molecular complexity index is 570. The van der Waals surface area contributed by atoms with Crippen LogP contribution < -0.4 is 9.47 Å². The molecule has 0 heterocycles. The first-order valence-corrected chi connectivity index (χ1v) is 6.99. The molecule has 0 saturated carbocycles. The molecule has 0 aliphatic rings. The smallest absolute Gasteiger partial charge is 0.406 e. The predicted molar refractivity (Wildman–Crippen MR) is 81.1 cm³/mol. The van der Waals surface area contributed by atoms with E-state index in [9.17, 15) is 18.0 Å². The Morgan fingerprint density at radius 2 is 1.96 bits per heavy atom. The van der Waals surface area contributed by atoms with E-state index in [0.717, 1.165) is 4.90 Å². The quantitative estimate of drug-likeness (QED) is 0.718. The van der Waals surface area contributed by atoms with Crippen molar-refractivity contribution >= 4 is 5.91 Å². The van der Waals surface area contributed by atoms with E-state index in [2.05, 4.69) is 6.58 Å². The Hall–Kier alpha value is -2.18. The van der Waals surface area contributed by atoms with Crippen LogP contribution in [0.25, 0.3) is 0 Å². The standard InChI is InChI=1S/C16H20F3NO3/c1-5-7-11-8-12(9-13(22-3)14(11)23-4)15(21)20(6-2)10-16(17,18)19/h5,8-9H,1,6-7,10H2,2-4H3. The molecule has 1 aromatic rings. The van der Waals surface area contributed by atoms with Crippen molar-refractivity contribution in [2.24, 2.45) is 0 Å². The Morgan fingerprint density at radius 3 is 2.39 bits per heavy atom. The molecule has 128 valence electrons. The van der Waals surface area contributed by atoms with Crippen LogP contribution in [-0.4, -0.2) is 44.3 Å². The minimum Gasteiger partial charge on any atom is -0.493 e. The fourth-order valence-electron chi connectivity index (χ4n) is 2.20. The number of ether oxygens (including phenoxy) is 2. The number of halogens is 3. The maximum atomic E-state index is 12.6. The zero-order valence-corrected chi connectivity index (χ0v) is 13.4. The van der Waals surface area contributed by atoms with Crippen LogP contribution in [0.15, 0.2) is 24.8 Å². The van der Waals surface area contributed by atoms with Crippen molar-refractivity contribution in [2.75, 3.05) is 27.3 Å². The number of carbonyl (C=O) groups excluding carboxylic acids is 1. The molecule has 0 saturated heterocycles. The van der Waals surface area contributed by atoms with E-state index < -0.39 is 18.6 Å². The Morgan fingerprint density at radius 1 is 1.30 bits per heavy atom. The number of benzene rings is 1. The van der Waals surface area contributed by atoms with Crippen molar-refractivity contribution in [1.82, 2.24) is 4.90 Å². The first kappa shape index (κ1) is 18.9. The van der Waals surface area contributed by atoms with Gasteiger partial charge in [-0.15, -0.1) is 6.58 Å². The second kappa shape index (κ2) is 7.89. The molecule has 0 aliphatic heterocycles. The lowest BCUT2D eigenvalue weighted by molar-refractivity contribution is -0.140. The molecule has 1 rings (SSSR count). The predicted octanol–water partition coefficient (Wildman–Crippen LogP) is 3.46. The highest BCUT2D eigenvalue weighted by Crippen LogP contribution is 2.33. The van der Waals surface area contributed by atoms with Gasteiger partial charge in [0.05, 0.1) is 14.2 Å². The molecule has 0 atom stereocenters. The number of rotatable bonds is 7. The number of carbonyl (C=O) groups is 1. The minimum atomic E-state index is -4.45. The molecule has 0 aromatic heterocycles. The van der Waals surface area contributed by atoms with Gasteiger partial charge in [-0.25, -0.2) is 0 Å². The number of alkyl halides is 3. The summed E-state index contributed by atoms with van der Waals surface area (Å²) in [6.07, 6.45) is -2.45. The molecule has 23 heavy (non-hydrogen) atoms. The summed E-state index contributed by atoms with van der Waals surface area (Å²) >= 11 is 0. The van der Waals surface area contributed by atoms with Crippen molar-refractivity contribution in [3.05, 3.63) is 35.9 Å². The number of allylic oxidation sites excluding steroid dienone is 1. The number of hydrogen-bond acceptors (Lipinski definition) is 3. The van der Waals surface area contributed by atoms with Gasteiger partial charge in [0.1, 0.15) is 6.54 Å². The SMILES string of the molecule is C=CCc1cc(C(=O)N(CC)CC(F)(F)F)cc(OC)c1OC. The second-order valence-electron chi connectivity index (χ2n) is 4.80. The molecule has 0 radical (unpaired) electrons. The molecule has 0 bridgehead atoms. The average Bonchev–Trinajstić information content (AvgIpc) is 2.50. The molecule has 0 spiro atoms. The Labute approximate surface area is 133 Å². The number of methoxy groups -OCH3 is 2.